The standard InChI is InChI=1S/C31H28N2O3/c34-30(29-15-8-20-33(29)31(35)36-22-23-9-3-1-4-10-23)32-28-18-16-25(17-19-28)27-14-7-13-26(21-27)24-11-5-2-6-12-24/h1-7,9-14,16-19,21,29H,8,15,20,22H2,(H,32,34). The maximum atomic E-state index is 13.0. The molecule has 1 fully saturated rings. The lowest BCUT2D eigenvalue weighted by atomic mass is 9.99. The van der Waals surface area contributed by atoms with Crippen molar-refractivity contribution in [1.82, 2.24) is 4.90 Å². The third kappa shape index (κ3) is 5.47. The molecule has 2 amide bonds. The average molecular weight is 477 g/mol. The predicted molar refractivity (Wildman–Crippen MR) is 142 cm³/mol. The number of carbonyl (C=O) groups is 2. The second-order valence-electron chi connectivity index (χ2n) is 8.91. The molecule has 4 aromatic carbocycles. The summed E-state index contributed by atoms with van der Waals surface area (Å²) < 4.78 is 5.46. The van der Waals surface area contributed by atoms with Gasteiger partial charge in [-0.3, -0.25) is 9.69 Å². The van der Waals surface area contributed by atoms with Crippen molar-refractivity contribution in [1.29, 1.82) is 0 Å². The molecule has 1 aliphatic heterocycles. The molecule has 4 aromatic rings. The average Bonchev–Trinajstić information content (AvgIpc) is 3.44. The minimum atomic E-state index is -0.532. The van der Waals surface area contributed by atoms with E-state index in [0.717, 1.165) is 28.7 Å². The largest absolute Gasteiger partial charge is 0.445 e. The van der Waals surface area contributed by atoms with Crippen LogP contribution in [-0.4, -0.2) is 29.5 Å². The van der Waals surface area contributed by atoms with Gasteiger partial charge in [-0.1, -0.05) is 91.0 Å². The number of amides is 2. The Labute approximate surface area is 211 Å². The number of nitrogens with one attached hydrogen (secondary N) is 1. The topological polar surface area (TPSA) is 58.6 Å². The van der Waals surface area contributed by atoms with Crippen molar-refractivity contribution >= 4 is 17.7 Å². The Kier molecular flexibility index (Phi) is 7.08. The van der Waals surface area contributed by atoms with E-state index in [-0.39, 0.29) is 12.5 Å². The minimum Gasteiger partial charge on any atom is -0.445 e. The summed E-state index contributed by atoms with van der Waals surface area (Å²) in [6.45, 7) is 0.708. The van der Waals surface area contributed by atoms with Crippen LogP contribution in [0.25, 0.3) is 22.3 Å². The maximum Gasteiger partial charge on any atom is 0.410 e. The molecule has 180 valence electrons. The van der Waals surface area contributed by atoms with Crippen LogP contribution in [0.1, 0.15) is 18.4 Å². The van der Waals surface area contributed by atoms with Crippen LogP contribution in [0.3, 0.4) is 0 Å². The summed E-state index contributed by atoms with van der Waals surface area (Å²) in [6.07, 6.45) is 0.941. The summed E-state index contributed by atoms with van der Waals surface area (Å²) >= 11 is 0. The van der Waals surface area contributed by atoms with Gasteiger partial charge in [-0.05, 0) is 58.9 Å². The molecule has 5 rings (SSSR count). The van der Waals surface area contributed by atoms with E-state index in [0.29, 0.717) is 18.7 Å². The van der Waals surface area contributed by atoms with E-state index in [1.165, 1.54) is 10.5 Å². The highest BCUT2D eigenvalue weighted by molar-refractivity contribution is 5.97. The molecule has 1 N–H and O–H groups in total. The summed E-state index contributed by atoms with van der Waals surface area (Å²) in [5, 5.41) is 2.97. The number of anilines is 1. The summed E-state index contributed by atoms with van der Waals surface area (Å²) in [7, 11) is 0. The first-order valence-corrected chi connectivity index (χ1v) is 12.2. The Hall–Kier alpha value is -4.38. The first-order chi connectivity index (χ1) is 17.7. The van der Waals surface area contributed by atoms with Crippen LogP contribution < -0.4 is 5.32 Å². The molecule has 0 bridgehead atoms. The van der Waals surface area contributed by atoms with Crippen LogP contribution in [0, 0.1) is 0 Å². The highest BCUT2D eigenvalue weighted by Crippen LogP contribution is 2.28. The zero-order valence-corrected chi connectivity index (χ0v) is 20.0. The van der Waals surface area contributed by atoms with Gasteiger partial charge in [0.2, 0.25) is 5.91 Å². The van der Waals surface area contributed by atoms with Crippen LogP contribution in [0.5, 0.6) is 0 Å². The van der Waals surface area contributed by atoms with Gasteiger partial charge in [0, 0.05) is 12.2 Å². The quantitative estimate of drug-likeness (QED) is 0.334. The van der Waals surface area contributed by atoms with Crippen LogP contribution >= 0.6 is 0 Å². The third-order valence-electron chi connectivity index (χ3n) is 6.45. The normalized spacial score (nSPS) is 14.9. The summed E-state index contributed by atoms with van der Waals surface area (Å²) in [5.41, 5.74) is 6.13. The van der Waals surface area contributed by atoms with Gasteiger partial charge in [0.1, 0.15) is 12.6 Å². The van der Waals surface area contributed by atoms with Gasteiger partial charge in [-0.2, -0.15) is 0 Å². The van der Waals surface area contributed by atoms with Crippen LogP contribution in [0.15, 0.2) is 109 Å². The Morgan fingerprint density at radius 2 is 1.36 bits per heavy atom. The van der Waals surface area contributed by atoms with Crippen molar-refractivity contribution in [3.63, 3.8) is 0 Å². The van der Waals surface area contributed by atoms with E-state index >= 15 is 0 Å². The molecule has 5 nitrogen and oxygen atoms in total. The maximum absolute atomic E-state index is 13.0. The van der Waals surface area contributed by atoms with Crippen molar-refractivity contribution in [3.05, 3.63) is 115 Å². The molecule has 1 saturated heterocycles. The van der Waals surface area contributed by atoms with Crippen molar-refractivity contribution < 1.29 is 14.3 Å². The van der Waals surface area contributed by atoms with Gasteiger partial charge in [0.05, 0.1) is 0 Å². The van der Waals surface area contributed by atoms with Crippen LogP contribution in [0.2, 0.25) is 0 Å². The van der Waals surface area contributed by atoms with Gasteiger partial charge < -0.3 is 10.1 Å². The number of hydrogen-bond acceptors (Lipinski definition) is 3. The van der Waals surface area contributed by atoms with Gasteiger partial charge in [-0.25, -0.2) is 4.79 Å². The number of benzene rings is 4. The molecule has 1 atom stereocenters. The fraction of sp³-hybridized carbons (Fsp3) is 0.161. The Bertz CT molecular complexity index is 1320. The lowest BCUT2D eigenvalue weighted by molar-refractivity contribution is -0.120. The second-order valence-corrected chi connectivity index (χ2v) is 8.91. The van der Waals surface area contributed by atoms with Crippen LogP contribution in [0.4, 0.5) is 10.5 Å². The molecule has 0 aliphatic carbocycles. The summed E-state index contributed by atoms with van der Waals surface area (Å²) in [6, 6.07) is 35.5. The highest BCUT2D eigenvalue weighted by atomic mass is 16.6. The third-order valence-corrected chi connectivity index (χ3v) is 6.45. The van der Waals surface area contributed by atoms with Crippen molar-refractivity contribution in [3.8, 4) is 22.3 Å². The second kappa shape index (κ2) is 10.9. The molecule has 0 saturated carbocycles. The van der Waals surface area contributed by atoms with Gasteiger partial charge in [0.15, 0.2) is 0 Å². The Balaban J connectivity index is 1.21. The predicted octanol–water partition coefficient (Wildman–Crippen LogP) is 6.76. The molecule has 5 heteroatoms. The van der Waals surface area contributed by atoms with Gasteiger partial charge in [0.25, 0.3) is 0 Å². The monoisotopic (exact) mass is 476 g/mol. The van der Waals surface area contributed by atoms with E-state index in [4.69, 9.17) is 4.74 Å². The lowest BCUT2D eigenvalue weighted by Crippen LogP contribution is -2.43. The molecule has 0 radical (unpaired) electrons. The molecular weight excluding hydrogens is 448 g/mol. The highest BCUT2D eigenvalue weighted by Gasteiger charge is 2.35. The lowest BCUT2D eigenvalue weighted by Gasteiger charge is -2.23. The van der Waals surface area contributed by atoms with Gasteiger partial charge in [-0.15, -0.1) is 0 Å². The fourth-order valence-corrected chi connectivity index (χ4v) is 4.54. The number of ether oxygens (including phenoxy) is 1. The number of carbonyl (C=O) groups excluding carboxylic acids is 2. The van der Waals surface area contributed by atoms with E-state index in [1.807, 2.05) is 72.8 Å². The van der Waals surface area contributed by atoms with E-state index < -0.39 is 12.1 Å². The molecule has 0 aromatic heterocycles. The zero-order chi connectivity index (χ0) is 24.7. The fourth-order valence-electron chi connectivity index (χ4n) is 4.54. The molecular formula is C31H28N2O3. The number of rotatable bonds is 6. The first kappa shape index (κ1) is 23.4. The molecule has 1 unspecified atom stereocenters. The zero-order valence-electron chi connectivity index (χ0n) is 20.0. The number of nitrogens with zero attached hydrogens (tertiary/aromatic N) is 1. The SMILES string of the molecule is O=C(Nc1ccc(-c2cccc(-c3ccccc3)c2)cc1)C1CCCN1C(=O)OCc1ccccc1. The van der Waals surface area contributed by atoms with E-state index in [9.17, 15) is 9.59 Å². The Morgan fingerprint density at radius 1 is 0.750 bits per heavy atom. The van der Waals surface area contributed by atoms with Crippen molar-refractivity contribution in [2.75, 3.05) is 11.9 Å². The Morgan fingerprint density at radius 3 is 2.06 bits per heavy atom. The molecule has 36 heavy (non-hydrogen) atoms. The van der Waals surface area contributed by atoms with E-state index in [2.05, 4.69) is 41.7 Å². The smallest absolute Gasteiger partial charge is 0.410 e. The van der Waals surface area contributed by atoms with Crippen molar-refractivity contribution in [2.45, 2.75) is 25.5 Å². The number of likely N-dealkylation sites (tertiary alicyclic amines) is 1. The van der Waals surface area contributed by atoms with Crippen LogP contribution in [-0.2, 0) is 16.1 Å². The van der Waals surface area contributed by atoms with Gasteiger partial charge >= 0.3 is 6.09 Å². The summed E-state index contributed by atoms with van der Waals surface area (Å²) in [5.74, 6) is -0.192. The molecule has 1 aliphatic rings. The van der Waals surface area contributed by atoms with Crippen molar-refractivity contribution in [2.24, 2.45) is 0 Å². The molecule has 1 heterocycles. The minimum absolute atomic E-state index is 0.192. The number of hydrogen-bond donors (Lipinski definition) is 1. The van der Waals surface area contributed by atoms with E-state index in [1.54, 1.807) is 0 Å². The first-order valence-electron chi connectivity index (χ1n) is 12.2. The summed E-state index contributed by atoms with van der Waals surface area (Å²) in [4.78, 5) is 27.2. The molecule has 0 spiro atoms.